The molecule has 0 spiro atoms. The van der Waals surface area contributed by atoms with Gasteiger partial charge in [0, 0.05) is 0 Å². The van der Waals surface area contributed by atoms with Gasteiger partial charge in [-0.25, -0.2) is 0 Å². The first-order chi connectivity index (χ1) is 23.7. The maximum atomic E-state index is 12.9. The van der Waals surface area contributed by atoms with Crippen LogP contribution in [0.5, 0.6) is 0 Å². The molecule has 0 radical (unpaired) electrons. The van der Waals surface area contributed by atoms with Crippen molar-refractivity contribution in [2.45, 2.75) is 184 Å². The molecule has 0 aliphatic carbocycles. The van der Waals surface area contributed by atoms with E-state index in [0.29, 0.717) is 19.3 Å². The summed E-state index contributed by atoms with van der Waals surface area (Å²) >= 11 is 0. The fourth-order valence-corrected chi connectivity index (χ4v) is 5.63. The Morgan fingerprint density at radius 2 is 1.27 bits per heavy atom. The number of aliphatic hydroxyl groups is 7. The summed E-state index contributed by atoms with van der Waals surface area (Å²) in [5.74, 6) is -0.733. The molecule has 11 nitrogen and oxygen atoms in total. The van der Waals surface area contributed by atoms with Gasteiger partial charge < -0.3 is 50.5 Å². The summed E-state index contributed by atoms with van der Waals surface area (Å²) in [5, 5.41) is 75.0. The van der Waals surface area contributed by atoms with Gasteiger partial charge in [0.1, 0.15) is 36.6 Å². The molecule has 9 unspecified atom stereocenters. The third kappa shape index (κ3) is 20.1. The number of carbonyl (C=O) groups is 1. The van der Waals surface area contributed by atoms with Crippen molar-refractivity contribution in [3.63, 3.8) is 0 Å². The number of aliphatic hydroxyl groups excluding tert-OH is 7. The number of hydrogen-bond donors (Lipinski definition) is 8. The van der Waals surface area contributed by atoms with E-state index >= 15 is 0 Å². The van der Waals surface area contributed by atoms with E-state index in [1.165, 1.54) is 38.5 Å². The van der Waals surface area contributed by atoms with Gasteiger partial charge in [0.05, 0.1) is 25.4 Å². The maximum absolute atomic E-state index is 12.9. The van der Waals surface area contributed by atoms with E-state index in [0.717, 1.165) is 44.9 Å². The van der Waals surface area contributed by atoms with Crippen LogP contribution in [-0.2, 0) is 14.3 Å². The quantitative estimate of drug-likeness (QED) is 0.0417. The summed E-state index contributed by atoms with van der Waals surface area (Å²) in [4.78, 5) is 12.9. The lowest BCUT2D eigenvalue weighted by Gasteiger charge is -2.40. The number of carbonyl (C=O) groups excluding carboxylic acids is 1. The second kappa shape index (κ2) is 29.0. The van der Waals surface area contributed by atoms with Gasteiger partial charge in [-0.05, 0) is 70.6 Å². The van der Waals surface area contributed by atoms with Crippen molar-refractivity contribution in [3.8, 4) is 0 Å². The van der Waals surface area contributed by atoms with E-state index in [-0.39, 0.29) is 12.8 Å². The lowest BCUT2D eigenvalue weighted by molar-refractivity contribution is -0.303. The Morgan fingerprint density at radius 3 is 1.90 bits per heavy atom. The van der Waals surface area contributed by atoms with Gasteiger partial charge in [-0.3, -0.25) is 4.79 Å². The molecule has 9 atom stereocenters. The SMILES string of the molecule is CCC/C=C/CC/C=C/CCCC(O)C(O)C(COC1OC(CO)C(O)C(O)C1O)NC(=O)C(O)CCCC/C=C\CCCCCCCC. The fourth-order valence-electron chi connectivity index (χ4n) is 5.63. The van der Waals surface area contributed by atoms with Crippen LogP contribution in [0.4, 0.5) is 0 Å². The van der Waals surface area contributed by atoms with Crippen LogP contribution in [0.25, 0.3) is 0 Å². The number of ether oxygens (including phenoxy) is 2. The minimum Gasteiger partial charge on any atom is -0.394 e. The third-order valence-corrected chi connectivity index (χ3v) is 8.87. The predicted molar refractivity (Wildman–Crippen MR) is 192 cm³/mol. The third-order valence-electron chi connectivity index (χ3n) is 8.87. The van der Waals surface area contributed by atoms with Crippen molar-refractivity contribution < 1.29 is 50.0 Å². The van der Waals surface area contributed by atoms with E-state index in [4.69, 9.17) is 9.47 Å². The van der Waals surface area contributed by atoms with Crippen LogP contribution in [0.2, 0.25) is 0 Å². The molecular weight excluding hydrogens is 630 g/mol. The van der Waals surface area contributed by atoms with E-state index in [2.05, 4.69) is 49.5 Å². The van der Waals surface area contributed by atoms with Crippen molar-refractivity contribution in [2.24, 2.45) is 0 Å². The van der Waals surface area contributed by atoms with Gasteiger partial charge in [0.2, 0.25) is 5.91 Å². The number of allylic oxidation sites excluding steroid dienone is 6. The second-order valence-corrected chi connectivity index (χ2v) is 13.3. The molecule has 1 rings (SSSR count). The van der Waals surface area contributed by atoms with Gasteiger partial charge in [-0.15, -0.1) is 0 Å². The standard InChI is InChI=1S/C38H69NO10/c1-3-5-7-9-11-13-15-16-18-20-22-24-26-31(42)37(47)39-29(28-48-38-36(46)35(45)34(44)32(27-40)49-38)33(43)30(41)25-23-21-19-17-14-12-10-8-6-4-2/h8,10,16-19,29-36,38,40-46H,3-7,9,11-15,20-28H2,1-2H3,(H,39,47)/b10-8+,18-16-,19-17+. The highest BCUT2D eigenvalue weighted by molar-refractivity contribution is 5.80. The molecule has 49 heavy (non-hydrogen) atoms. The van der Waals surface area contributed by atoms with Crippen molar-refractivity contribution in [1.82, 2.24) is 5.32 Å². The van der Waals surface area contributed by atoms with Gasteiger partial charge in [0.15, 0.2) is 6.29 Å². The summed E-state index contributed by atoms with van der Waals surface area (Å²) in [6.45, 7) is 3.26. The van der Waals surface area contributed by atoms with E-state index in [9.17, 15) is 40.5 Å². The van der Waals surface area contributed by atoms with Crippen molar-refractivity contribution >= 4 is 5.91 Å². The molecule has 0 aromatic heterocycles. The van der Waals surface area contributed by atoms with E-state index in [1.807, 2.05) is 6.08 Å². The van der Waals surface area contributed by atoms with Gasteiger partial charge in [-0.1, -0.05) is 95.2 Å². The fraction of sp³-hybridized carbons (Fsp3) is 0.816. The maximum Gasteiger partial charge on any atom is 0.249 e. The van der Waals surface area contributed by atoms with Gasteiger partial charge in [0.25, 0.3) is 0 Å². The molecule has 0 aromatic rings. The van der Waals surface area contributed by atoms with Gasteiger partial charge in [-0.2, -0.15) is 0 Å². The zero-order valence-corrected chi connectivity index (χ0v) is 30.2. The van der Waals surface area contributed by atoms with Crippen LogP contribution in [0.1, 0.15) is 129 Å². The number of amides is 1. The van der Waals surface area contributed by atoms with Gasteiger partial charge >= 0.3 is 0 Å². The molecule has 1 fully saturated rings. The summed E-state index contributed by atoms with van der Waals surface area (Å²) in [6.07, 6.45) is 18.0. The van der Waals surface area contributed by atoms with Crippen LogP contribution in [0.3, 0.4) is 0 Å². The largest absolute Gasteiger partial charge is 0.394 e. The molecule has 286 valence electrons. The molecule has 11 heteroatoms. The number of nitrogens with one attached hydrogen (secondary N) is 1. The topological polar surface area (TPSA) is 189 Å². The minimum atomic E-state index is -1.67. The van der Waals surface area contributed by atoms with E-state index < -0.39 is 74.2 Å². The minimum absolute atomic E-state index is 0.219. The molecule has 1 heterocycles. The molecular formula is C38H69NO10. The molecule has 1 saturated heterocycles. The van der Waals surface area contributed by atoms with Crippen LogP contribution in [0.15, 0.2) is 36.5 Å². The first-order valence-electron chi connectivity index (χ1n) is 18.9. The summed E-state index contributed by atoms with van der Waals surface area (Å²) < 4.78 is 11.0. The van der Waals surface area contributed by atoms with Crippen LogP contribution in [0, 0.1) is 0 Å². The average molecular weight is 700 g/mol. The Kier molecular flexibility index (Phi) is 26.8. The van der Waals surface area contributed by atoms with Crippen molar-refractivity contribution in [2.75, 3.05) is 13.2 Å². The van der Waals surface area contributed by atoms with E-state index in [1.54, 1.807) is 0 Å². The molecule has 1 aliphatic heterocycles. The van der Waals surface area contributed by atoms with Crippen LogP contribution >= 0.6 is 0 Å². The number of hydrogen-bond acceptors (Lipinski definition) is 10. The lowest BCUT2D eigenvalue weighted by Crippen LogP contribution is -2.60. The molecule has 0 bridgehead atoms. The summed E-state index contributed by atoms with van der Waals surface area (Å²) in [7, 11) is 0. The monoisotopic (exact) mass is 699 g/mol. The first-order valence-corrected chi connectivity index (χ1v) is 18.9. The number of unbranched alkanes of at least 4 members (excludes halogenated alkanes) is 11. The van der Waals surface area contributed by atoms with Crippen LogP contribution < -0.4 is 5.32 Å². The Labute approximate surface area is 295 Å². The molecule has 0 aromatic carbocycles. The Morgan fingerprint density at radius 1 is 0.694 bits per heavy atom. The molecule has 1 amide bonds. The first kappa shape index (κ1) is 45.4. The molecule has 0 saturated carbocycles. The zero-order valence-electron chi connectivity index (χ0n) is 30.2. The summed E-state index contributed by atoms with van der Waals surface area (Å²) in [5.41, 5.74) is 0. The van der Waals surface area contributed by atoms with Crippen molar-refractivity contribution in [1.29, 1.82) is 0 Å². The Bertz CT molecular complexity index is 898. The highest BCUT2D eigenvalue weighted by Crippen LogP contribution is 2.23. The average Bonchev–Trinajstić information content (AvgIpc) is 3.10. The molecule has 1 aliphatic rings. The van der Waals surface area contributed by atoms with Crippen molar-refractivity contribution in [3.05, 3.63) is 36.5 Å². The number of rotatable bonds is 29. The second-order valence-electron chi connectivity index (χ2n) is 13.3. The molecule has 8 N–H and O–H groups in total. The normalized spacial score (nSPS) is 24.1. The lowest BCUT2D eigenvalue weighted by atomic mass is 9.98. The predicted octanol–water partition coefficient (Wildman–Crippen LogP) is 4.10. The highest BCUT2D eigenvalue weighted by Gasteiger charge is 2.44. The Balaban J connectivity index is 2.64. The Hall–Kier alpha value is -1.67. The zero-order chi connectivity index (χ0) is 36.3. The van der Waals surface area contributed by atoms with Crippen LogP contribution in [-0.4, -0.2) is 110 Å². The summed E-state index contributed by atoms with van der Waals surface area (Å²) in [6, 6.07) is -1.19. The highest BCUT2D eigenvalue weighted by atomic mass is 16.7. The smallest absolute Gasteiger partial charge is 0.249 e.